The number of hydrogen-bond acceptors (Lipinski definition) is 3. The molecule has 0 aromatic carbocycles. The van der Waals surface area contributed by atoms with E-state index in [9.17, 15) is 0 Å². The van der Waals surface area contributed by atoms with Crippen molar-refractivity contribution in [3.8, 4) is 0 Å². The van der Waals surface area contributed by atoms with Crippen LogP contribution in [-0.2, 0) is 12.8 Å². The topological polar surface area (TPSA) is 29.0 Å². The van der Waals surface area contributed by atoms with E-state index in [1.165, 1.54) is 56.5 Å². The van der Waals surface area contributed by atoms with Gasteiger partial charge >= 0.3 is 0 Å². The van der Waals surface area contributed by atoms with E-state index in [0.717, 1.165) is 12.4 Å². The molecule has 0 bridgehead atoms. The van der Waals surface area contributed by atoms with Gasteiger partial charge < -0.3 is 4.90 Å². The Morgan fingerprint density at radius 2 is 2.00 bits per heavy atom. The third-order valence-electron chi connectivity index (χ3n) is 4.55. The normalized spacial score (nSPS) is 25.1. The SMILES string of the molecule is c1nc(N2CC3(CCC3)C2)nc2c1CCC2. The summed E-state index contributed by atoms with van der Waals surface area (Å²) < 4.78 is 0. The molecular formula is C13H17N3. The first kappa shape index (κ1) is 8.97. The molecule has 0 unspecified atom stereocenters. The highest BCUT2D eigenvalue weighted by Gasteiger charge is 2.48. The minimum atomic E-state index is 0.669. The molecule has 2 heterocycles. The number of fused-ring (bicyclic) bond motifs is 1. The van der Waals surface area contributed by atoms with Crippen LogP contribution in [0.5, 0.6) is 0 Å². The second-order valence-electron chi connectivity index (χ2n) is 5.71. The van der Waals surface area contributed by atoms with Gasteiger partial charge in [-0.25, -0.2) is 9.97 Å². The molecule has 1 spiro atoms. The lowest BCUT2D eigenvalue weighted by Crippen LogP contribution is -2.60. The first-order chi connectivity index (χ1) is 7.85. The lowest BCUT2D eigenvalue weighted by Gasteiger charge is -2.55. The second-order valence-corrected chi connectivity index (χ2v) is 5.71. The molecule has 3 nitrogen and oxygen atoms in total. The lowest BCUT2D eigenvalue weighted by molar-refractivity contribution is 0.0888. The molecule has 0 atom stereocenters. The first-order valence-corrected chi connectivity index (χ1v) is 6.45. The van der Waals surface area contributed by atoms with E-state index in [-0.39, 0.29) is 0 Å². The minimum absolute atomic E-state index is 0.669. The molecule has 0 N–H and O–H groups in total. The quantitative estimate of drug-likeness (QED) is 0.717. The Bertz CT molecular complexity index is 429. The van der Waals surface area contributed by atoms with Gasteiger partial charge in [-0.2, -0.15) is 0 Å². The fourth-order valence-corrected chi connectivity index (χ4v) is 3.35. The van der Waals surface area contributed by atoms with Crippen molar-refractivity contribution in [2.75, 3.05) is 18.0 Å². The fourth-order valence-electron chi connectivity index (χ4n) is 3.35. The van der Waals surface area contributed by atoms with E-state index in [4.69, 9.17) is 4.98 Å². The third-order valence-corrected chi connectivity index (χ3v) is 4.55. The van der Waals surface area contributed by atoms with Crippen LogP contribution >= 0.6 is 0 Å². The first-order valence-electron chi connectivity index (χ1n) is 6.45. The summed E-state index contributed by atoms with van der Waals surface area (Å²) in [7, 11) is 0. The molecule has 3 heteroatoms. The van der Waals surface area contributed by atoms with Gasteiger partial charge in [0.1, 0.15) is 0 Å². The van der Waals surface area contributed by atoms with E-state index >= 15 is 0 Å². The Kier molecular flexibility index (Phi) is 1.66. The number of hydrogen-bond donors (Lipinski definition) is 0. The Balaban J connectivity index is 1.55. The second kappa shape index (κ2) is 2.96. The van der Waals surface area contributed by atoms with Crippen molar-refractivity contribution in [3.63, 3.8) is 0 Å². The zero-order chi connectivity index (χ0) is 10.6. The molecule has 3 aliphatic rings. The number of aromatic nitrogens is 2. The van der Waals surface area contributed by atoms with Crippen LogP contribution in [0.25, 0.3) is 0 Å². The van der Waals surface area contributed by atoms with E-state index in [0.29, 0.717) is 5.41 Å². The Labute approximate surface area is 95.9 Å². The Morgan fingerprint density at radius 3 is 2.75 bits per heavy atom. The van der Waals surface area contributed by atoms with Gasteiger partial charge in [-0.3, -0.25) is 0 Å². The number of aryl methyl sites for hydroxylation is 2. The van der Waals surface area contributed by atoms with Gasteiger partial charge in [-0.1, -0.05) is 6.42 Å². The number of anilines is 1. The molecule has 1 saturated carbocycles. The summed E-state index contributed by atoms with van der Waals surface area (Å²) in [4.78, 5) is 11.6. The van der Waals surface area contributed by atoms with Crippen LogP contribution in [0.2, 0.25) is 0 Å². The summed E-state index contributed by atoms with van der Waals surface area (Å²) in [6, 6.07) is 0. The van der Waals surface area contributed by atoms with Crippen molar-refractivity contribution >= 4 is 5.95 Å². The van der Waals surface area contributed by atoms with Crippen molar-refractivity contribution in [1.29, 1.82) is 0 Å². The van der Waals surface area contributed by atoms with Gasteiger partial charge in [0.15, 0.2) is 0 Å². The average Bonchev–Trinajstić information content (AvgIpc) is 2.60. The fraction of sp³-hybridized carbons (Fsp3) is 0.692. The van der Waals surface area contributed by atoms with Gasteiger partial charge in [-0.15, -0.1) is 0 Å². The summed E-state index contributed by atoms with van der Waals surface area (Å²) in [5.74, 6) is 0.984. The lowest BCUT2D eigenvalue weighted by atomic mass is 9.64. The summed E-state index contributed by atoms with van der Waals surface area (Å²) in [5, 5.41) is 0. The number of nitrogens with zero attached hydrogens (tertiary/aromatic N) is 3. The highest BCUT2D eigenvalue weighted by Crippen LogP contribution is 2.48. The highest BCUT2D eigenvalue weighted by atomic mass is 15.3. The van der Waals surface area contributed by atoms with Gasteiger partial charge in [0, 0.05) is 30.4 Å². The van der Waals surface area contributed by atoms with Crippen LogP contribution in [-0.4, -0.2) is 23.1 Å². The standard InChI is InChI=1S/C13H17N3/c1-3-10-7-14-12(15-11(10)4-1)16-8-13(9-16)5-2-6-13/h7H,1-6,8-9H2. The van der Waals surface area contributed by atoms with Crippen molar-refractivity contribution < 1.29 is 0 Å². The molecule has 4 rings (SSSR count). The van der Waals surface area contributed by atoms with Crippen LogP contribution in [0.15, 0.2) is 6.20 Å². The molecular weight excluding hydrogens is 198 g/mol. The molecule has 1 saturated heterocycles. The largest absolute Gasteiger partial charge is 0.340 e. The zero-order valence-corrected chi connectivity index (χ0v) is 9.58. The van der Waals surface area contributed by atoms with Crippen LogP contribution in [0.4, 0.5) is 5.95 Å². The van der Waals surface area contributed by atoms with Crippen molar-refractivity contribution in [2.45, 2.75) is 38.5 Å². The maximum absolute atomic E-state index is 4.71. The van der Waals surface area contributed by atoms with Gasteiger partial charge in [0.05, 0.1) is 0 Å². The number of rotatable bonds is 1. The van der Waals surface area contributed by atoms with Crippen molar-refractivity contribution in [2.24, 2.45) is 5.41 Å². The minimum Gasteiger partial charge on any atom is -0.340 e. The zero-order valence-electron chi connectivity index (χ0n) is 9.58. The van der Waals surface area contributed by atoms with Gasteiger partial charge in [-0.05, 0) is 37.7 Å². The summed E-state index contributed by atoms with van der Waals surface area (Å²) >= 11 is 0. The molecule has 84 valence electrons. The van der Waals surface area contributed by atoms with Crippen LogP contribution in [0.1, 0.15) is 36.9 Å². The third kappa shape index (κ3) is 1.14. The molecule has 1 aromatic rings. The molecule has 0 radical (unpaired) electrons. The Hall–Kier alpha value is -1.12. The van der Waals surface area contributed by atoms with Crippen LogP contribution in [0.3, 0.4) is 0 Å². The average molecular weight is 215 g/mol. The monoisotopic (exact) mass is 215 g/mol. The van der Waals surface area contributed by atoms with Crippen molar-refractivity contribution in [3.05, 3.63) is 17.5 Å². The highest BCUT2D eigenvalue weighted by molar-refractivity contribution is 5.40. The molecule has 16 heavy (non-hydrogen) atoms. The molecule has 1 aliphatic heterocycles. The van der Waals surface area contributed by atoms with Crippen LogP contribution in [0, 0.1) is 5.41 Å². The molecule has 0 amide bonds. The maximum Gasteiger partial charge on any atom is 0.225 e. The predicted octanol–water partition coefficient (Wildman–Crippen LogP) is 1.96. The van der Waals surface area contributed by atoms with E-state index < -0.39 is 0 Å². The predicted molar refractivity (Wildman–Crippen MR) is 62.6 cm³/mol. The van der Waals surface area contributed by atoms with E-state index in [1.807, 2.05) is 0 Å². The molecule has 2 fully saturated rings. The van der Waals surface area contributed by atoms with Gasteiger partial charge in [0.2, 0.25) is 5.95 Å². The smallest absolute Gasteiger partial charge is 0.225 e. The summed E-state index contributed by atoms with van der Waals surface area (Å²) in [6.07, 6.45) is 9.93. The molecule has 2 aliphatic carbocycles. The maximum atomic E-state index is 4.71. The van der Waals surface area contributed by atoms with E-state index in [2.05, 4.69) is 16.1 Å². The molecule has 1 aromatic heterocycles. The summed E-state index contributed by atoms with van der Waals surface area (Å²) in [6.45, 7) is 2.40. The van der Waals surface area contributed by atoms with E-state index in [1.54, 1.807) is 0 Å². The van der Waals surface area contributed by atoms with Crippen LogP contribution < -0.4 is 4.90 Å². The Morgan fingerprint density at radius 1 is 1.12 bits per heavy atom. The van der Waals surface area contributed by atoms with Crippen molar-refractivity contribution in [1.82, 2.24) is 9.97 Å². The summed E-state index contributed by atoms with van der Waals surface area (Å²) in [5.41, 5.74) is 3.35. The van der Waals surface area contributed by atoms with Gasteiger partial charge in [0.25, 0.3) is 0 Å².